The number of hydrogen-bond donors (Lipinski definition) is 4. The Bertz CT molecular complexity index is 1760. The second-order valence-corrected chi connectivity index (χ2v) is 21.6. The Hall–Kier alpha value is -3.48. The topological polar surface area (TPSA) is 171 Å². The third-order valence-corrected chi connectivity index (χ3v) is 16.9. The number of piperidine rings is 1. The van der Waals surface area contributed by atoms with E-state index in [-0.39, 0.29) is 35.0 Å². The summed E-state index contributed by atoms with van der Waals surface area (Å²) in [7, 11) is -3.78. The highest BCUT2D eigenvalue weighted by atomic mass is 32.2. The minimum absolute atomic E-state index is 0.00158. The van der Waals surface area contributed by atoms with Crippen molar-refractivity contribution in [3.05, 3.63) is 35.9 Å². The molecule has 1 aromatic carbocycles. The van der Waals surface area contributed by atoms with E-state index in [1.54, 1.807) is 18.7 Å². The van der Waals surface area contributed by atoms with Crippen LogP contribution in [0.25, 0.3) is 0 Å². The van der Waals surface area contributed by atoms with Gasteiger partial charge in [-0.3, -0.25) is 19.2 Å². The van der Waals surface area contributed by atoms with Crippen molar-refractivity contribution >= 4 is 39.4 Å². The van der Waals surface area contributed by atoms with Crippen LogP contribution >= 0.6 is 0 Å². The largest absolute Gasteiger partial charge is 0.347 e. The average Bonchev–Trinajstić information content (AvgIpc) is 4.01. The first kappa shape index (κ1) is 42.1. The van der Waals surface area contributed by atoms with Gasteiger partial charge in [0.1, 0.15) is 12.1 Å². The third kappa shape index (κ3) is 8.53. The Morgan fingerprint density at radius 2 is 1.48 bits per heavy atom. The van der Waals surface area contributed by atoms with Crippen LogP contribution in [-0.2, 0) is 33.8 Å². The number of rotatable bonds is 15. The average molecular weight is 796 g/mol. The smallest absolute Gasteiger partial charge is 0.315 e. The number of carbonyl (C=O) groups excluding carboxylic acids is 5. The highest BCUT2D eigenvalue weighted by Crippen LogP contribution is 2.65. The van der Waals surface area contributed by atoms with Gasteiger partial charge in [0, 0.05) is 12.6 Å². The predicted molar refractivity (Wildman–Crippen MR) is 215 cm³/mol. The van der Waals surface area contributed by atoms with Crippen LogP contribution in [0, 0.1) is 22.7 Å². The van der Waals surface area contributed by atoms with Gasteiger partial charge in [0.05, 0.1) is 22.1 Å². The maximum absolute atomic E-state index is 15.0. The van der Waals surface area contributed by atoms with Crippen LogP contribution < -0.4 is 21.3 Å². The number of ketones is 1. The van der Waals surface area contributed by atoms with E-state index < -0.39 is 67.3 Å². The van der Waals surface area contributed by atoms with Crippen molar-refractivity contribution in [2.75, 3.05) is 12.3 Å². The fourth-order valence-electron chi connectivity index (χ4n) is 10.1. The summed E-state index contributed by atoms with van der Waals surface area (Å²) in [5.41, 5.74) is -1.13. The molecule has 1 saturated heterocycles. The van der Waals surface area contributed by atoms with Gasteiger partial charge in [0.15, 0.2) is 9.84 Å². The molecule has 13 heteroatoms. The molecule has 310 valence electrons. The lowest BCUT2D eigenvalue weighted by atomic mass is 9.70. The molecule has 4 saturated carbocycles. The molecule has 12 nitrogen and oxygen atoms in total. The van der Waals surface area contributed by atoms with Crippen LogP contribution in [0.5, 0.6) is 0 Å². The van der Waals surface area contributed by atoms with Crippen LogP contribution in [0.4, 0.5) is 4.79 Å². The number of nitrogens with zero attached hydrogens (tertiary/aromatic N) is 1. The van der Waals surface area contributed by atoms with E-state index in [2.05, 4.69) is 35.1 Å². The lowest BCUT2D eigenvalue weighted by Crippen LogP contribution is -2.65. The maximum atomic E-state index is 15.0. The molecule has 56 heavy (non-hydrogen) atoms. The molecule has 4 aliphatic carbocycles. The number of nitrogens with one attached hydrogen (secondary N) is 4. The van der Waals surface area contributed by atoms with E-state index in [1.807, 2.05) is 44.2 Å². The van der Waals surface area contributed by atoms with E-state index in [4.69, 9.17) is 0 Å². The summed E-state index contributed by atoms with van der Waals surface area (Å²) < 4.78 is 27.3. The van der Waals surface area contributed by atoms with Crippen LogP contribution in [0.3, 0.4) is 0 Å². The number of benzene rings is 1. The number of sulfone groups is 1. The van der Waals surface area contributed by atoms with Gasteiger partial charge in [-0.15, -0.1) is 0 Å². The van der Waals surface area contributed by atoms with Gasteiger partial charge in [-0.05, 0) is 87.0 Å². The third-order valence-electron chi connectivity index (χ3n) is 14.2. The molecular weight excluding hydrogens is 731 g/mol. The summed E-state index contributed by atoms with van der Waals surface area (Å²) in [5.74, 6) is -2.46. The molecule has 0 radical (unpaired) electrons. The lowest BCUT2D eigenvalue weighted by Gasteiger charge is -2.44. The quantitative estimate of drug-likeness (QED) is 0.175. The predicted octanol–water partition coefficient (Wildman–Crippen LogP) is 5.29. The molecule has 4 N–H and O–H groups in total. The first-order chi connectivity index (χ1) is 26.4. The van der Waals surface area contributed by atoms with E-state index in [9.17, 15) is 27.6 Å². The number of hydrogen-bond acceptors (Lipinski definition) is 7. The zero-order valence-corrected chi connectivity index (χ0v) is 35.2. The molecular formula is C43H65N5O7S. The summed E-state index contributed by atoms with van der Waals surface area (Å²) in [5, 5.41) is 11.8. The van der Waals surface area contributed by atoms with E-state index in [1.165, 1.54) is 0 Å². The van der Waals surface area contributed by atoms with Crippen LogP contribution in [0.2, 0.25) is 0 Å². The fourth-order valence-corrected chi connectivity index (χ4v) is 12.1. The maximum Gasteiger partial charge on any atom is 0.315 e. The van der Waals surface area contributed by atoms with Crippen molar-refractivity contribution in [3.8, 4) is 0 Å². The molecule has 5 atom stereocenters. The number of urea groups is 1. The number of Topliss-reactive ketones (excluding diaryl/α,β-unsaturated/α-hetero) is 1. The fraction of sp³-hybridized carbons (Fsp3) is 0.744. The molecule has 1 aromatic rings. The van der Waals surface area contributed by atoms with Crippen molar-refractivity contribution in [1.82, 2.24) is 26.2 Å². The summed E-state index contributed by atoms with van der Waals surface area (Å²) in [4.78, 5) is 71.3. The van der Waals surface area contributed by atoms with Crippen molar-refractivity contribution in [2.24, 2.45) is 22.7 Å². The van der Waals surface area contributed by atoms with Gasteiger partial charge in [0.2, 0.25) is 17.6 Å². The van der Waals surface area contributed by atoms with E-state index in [0.717, 1.165) is 51.4 Å². The highest BCUT2D eigenvalue weighted by Gasteiger charge is 2.70. The van der Waals surface area contributed by atoms with Crippen LogP contribution in [0.1, 0.15) is 137 Å². The van der Waals surface area contributed by atoms with Gasteiger partial charge in [-0.2, -0.15) is 0 Å². The summed E-state index contributed by atoms with van der Waals surface area (Å²) >= 11 is 0. The Balaban J connectivity index is 1.24. The normalized spacial score (nSPS) is 26.2. The Labute approximate surface area is 333 Å². The Morgan fingerprint density at radius 1 is 0.875 bits per heavy atom. The second kappa shape index (κ2) is 16.0. The molecule has 0 bridgehead atoms. The number of likely N-dealkylation sites (tertiary alicyclic amines) is 1. The molecule has 5 fully saturated rings. The minimum Gasteiger partial charge on any atom is -0.347 e. The zero-order chi connectivity index (χ0) is 40.7. The molecule has 1 unspecified atom stereocenters. The number of amides is 5. The summed E-state index contributed by atoms with van der Waals surface area (Å²) in [6.45, 7) is 11.9. The molecule has 1 heterocycles. The minimum atomic E-state index is -3.78. The van der Waals surface area contributed by atoms with Crippen LogP contribution in [0.15, 0.2) is 30.3 Å². The van der Waals surface area contributed by atoms with Crippen molar-refractivity contribution in [3.63, 3.8) is 0 Å². The molecule has 5 amide bonds. The first-order valence-electron chi connectivity index (χ1n) is 21.2. The molecule has 0 aromatic heterocycles. The standard InChI is InChI=1S/C43H65N5O7S/c1-7-17-31(34(49)37(51)44-29-20-21-29)45-36(50)33-32-30(40(32,2)3)26-48(33)38(52)35(42(6)22-13-9-14-23-42)46-39(53)47-43(24-15-10-16-25-43)27-56(54,55)41(4,5)28-18-11-8-12-19-28/h8,11-12,18-19,29-33,35H,7,9-10,13-17,20-27H2,1-6H3,(H,44,51)(H,45,50)(H2,46,47,53)/t30-,31?,32-,33-,35+/m0/s1. The van der Waals surface area contributed by atoms with Gasteiger partial charge < -0.3 is 26.2 Å². The Kier molecular flexibility index (Phi) is 12.1. The Morgan fingerprint density at radius 3 is 2.07 bits per heavy atom. The zero-order valence-electron chi connectivity index (χ0n) is 34.4. The van der Waals surface area contributed by atoms with Gasteiger partial charge in [-0.25, -0.2) is 13.2 Å². The monoisotopic (exact) mass is 795 g/mol. The van der Waals surface area contributed by atoms with Crippen molar-refractivity contribution < 1.29 is 32.4 Å². The second-order valence-electron chi connectivity index (χ2n) is 19.1. The van der Waals surface area contributed by atoms with Gasteiger partial charge in [0.25, 0.3) is 5.91 Å². The molecule has 5 aliphatic rings. The summed E-state index contributed by atoms with van der Waals surface area (Å²) in [6.07, 6.45) is 10.3. The first-order valence-corrected chi connectivity index (χ1v) is 22.8. The molecule has 6 rings (SSSR count). The summed E-state index contributed by atoms with van der Waals surface area (Å²) in [6, 6.07) is 5.73. The molecule has 0 spiro atoms. The van der Waals surface area contributed by atoms with Gasteiger partial charge >= 0.3 is 6.03 Å². The van der Waals surface area contributed by atoms with E-state index in [0.29, 0.717) is 50.6 Å². The van der Waals surface area contributed by atoms with Crippen molar-refractivity contribution in [1.29, 1.82) is 0 Å². The van der Waals surface area contributed by atoms with Gasteiger partial charge in [-0.1, -0.05) is 103 Å². The number of fused-ring (bicyclic) bond motifs is 1. The highest BCUT2D eigenvalue weighted by molar-refractivity contribution is 7.92. The lowest BCUT2D eigenvalue weighted by molar-refractivity contribution is -0.146. The number of carbonyl (C=O) groups is 5. The van der Waals surface area contributed by atoms with Crippen LogP contribution in [-0.4, -0.2) is 84.9 Å². The van der Waals surface area contributed by atoms with E-state index >= 15 is 4.79 Å². The SMILES string of the molecule is CCCC(NC(=O)[C@@H]1[C@@H]2[C@H](CN1C(=O)[C@@H](NC(=O)NC1(CS(=O)(=O)C(C)(C)c3ccccc3)CCCCC1)C1(C)CCCCC1)C2(C)C)C(=O)C(=O)NC1CC1. The van der Waals surface area contributed by atoms with Crippen molar-refractivity contribution in [2.45, 2.75) is 166 Å². The molecule has 1 aliphatic heterocycles.